The Kier molecular flexibility index (Phi) is 5.87. The summed E-state index contributed by atoms with van der Waals surface area (Å²) in [7, 11) is -3.70. The molecule has 0 bridgehead atoms. The first-order valence-electron chi connectivity index (χ1n) is 10.6. The second-order valence-electron chi connectivity index (χ2n) is 8.37. The van der Waals surface area contributed by atoms with Crippen LogP contribution in [0.1, 0.15) is 32.3 Å². The largest absolute Gasteiger partial charge is 0.378 e. The summed E-state index contributed by atoms with van der Waals surface area (Å²) >= 11 is 0. The van der Waals surface area contributed by atoms with Crippen molar-refractivity contribution in [3.63, 3.8) is 0 Å². The van der Waals surface area contributed by atoms with Gasteiger partial charge in [-0.3, -0.25) is 9.59 Å². The molecule has 2 atom stereocenters. The molecule has 0 unspecified atom stereocenters. The number of hydrogen-bond donors (Lipinski definition) is 0. The summed E-state index contributed by atoms with van der Waals surface area (Å²) in [5.41, 5.74) is 1.66. The van der Waals surface area contributed by atoms with Crippen LogP contribution in [0.4, 0.5) is 5.69 Å². The Hall–Kier alpha value is -1.97. The van der Waals surface area contributed by atoms with Crippen molar-refractivity contribution in [1.82, 2.24) is 9.21 Å². The fourth-order valence-electron chi connectivity index (χ4n) is 4.80. The number of ether oxygens (including phenoxy) is 1. The molecular weight excluding hydrogens is 406 g/mol. The molecule has 0 saturated carbocycles. The van der Waals surface area contributed by atoms with Gasteiger partial charge in [-0.25, -0.2) is 8.42 Å². The van der Waals surface area contributed by atoms with E-state index in [2.05, 4.69) is 0 Å². The van der Waals surface area contributed by atoms with Crippen LogP contribution in [0.2, 0.25) is 0 Å². The zero-order chi connectivity index (χ0) is 21.5. The molecule has 0 aliphatic carbocycles. The number of piperidine rings is 1. The Labute approximate surface area is 177 Å². The number of nitrogens with zero attached hydrogens (tertiary/aromatic N) is 3. The van der Waals surface area contributed by atoms with Crippen LogP contribution in [0.15, 0.2) is 23.1 Å². The van der Waals surface area contributed by atoms with Gasteiger partial charge in [-0.2, -0.15) is 4.31 Å². The lowest BCUT2D eigenvalue weighted by atomic mass is 9.98. The van der Waals surface area contributed by atoms with Crippen LogP contribution in [0.25, 0.3) is 0 Å². The molecule has 1 aromatic carbocycles. The highest BCUT2D eigenvalue weighted by atomic mass is 32.2. The third-order valence-electron chi connectivity index (χ3n) is 6.30. The third kappa shape index (κ3) is 3.86. The van der Waals surface area contributed by atoms with Crippen LogP contribution >= 0.6 is 0 Å². The summed E-state index contributed by atoms with van der Waals surface area (Å²) in [5.74, 6) is -0.329. The molecule has 164 valence electrons. The van der Waals surface area contributed by atoms with E-state index < -0.39 is 10.0 Å². The number of amides is 2. The summed E-state index contributed by atoms with van der Waals surface area (Å²) in [5, 5.41) is 0. The van der Waals surface area contributed by atoms with Crippen molar-refractivity contribution < 1.29 is 22.7 Å². The predicted octanol–water partition coefficient (Wildman–Crippen LogP) is 1.24. The van der Waals surface area contributed by atoms with E-state index in [0.29, 0.717) is 52.1 Å². The molecule has 2 fully saturated rings. The highest BCUT2D eigenvalue weighted by Gasteiger charge is 2.36. The van der Waals surface area contributed by atoms with Crippen molar-refractivity contribution in [2.24, 2.45) is 5.92 Å². The van der Waals surface area contributed by atoms with E-state index in [-0.39, 0.29) is 35.2 Å². The minimum atomic E-state index is -3.70. The lowest BCUT2D eigenvalue weighted by Crippen LogP contribution is -2.49. The van der Waals surface area contributed by atoms with Crippen LogP contribution in [0.5, 0.6) is 0 Å². The molecule has 3 heterocycles. The average Bonchev–Trinajstić information content (AvgIpc) is 3.09. The monoisotopic (exact) mass is 435 g/mol. The van der Waals surface area contributed by atoms with Crippen molar-refractivity contribution >= 4 is 27.5 Å². The first kappa shape index (κ1) is 21.3. The zero-order valence-electron chi connectivity index (χ0n) is 17.5. The number of benzene rings is 1. The van der Waals surface area contributed by atoms with E-state index in [4.69, 9.17) is 4.74 Å². The Morgan fingerprint density at radius 1 is 1.13 bits per heavy atom. The van der Waals surface area contributed by atoms with Gasteiger partial charge in [-0.15, -0.1) is 0 Å². The molecule has 0 spiro atoms. The van der Waals surface area contributed by atoms with Crippen LogP contribution in [0.3, 0.4) is 0 Å². The lowest BCUT2D eigenvalue weighted by molar-refractivity contribution is -0.140. The van der Waals surface area contributed by atoms with Crippen molar-refractivity contribution in [2.75, 3.05) is 44.3 Å². The fourth-order valence-corrected chi connectivity index (χ4v) is 6.38. The van der Waals surface area contributed by atoms with Crippen LogP contribution in [0, 0.1) is 5.92 Å². The Bertz CT molecular complexity index is 942. The number of morpholine rings is 1. The van der Waals surface area contributed by atoms with Gasteiger partial charge in [0.15, 0.2) is 0 Å². The smallest absolute Gasteiger partial charge is 0.243 e. The summed E-state index contributed by atoms with van der Waals surface area (Å²) in [6.07, 6.45) is 2.01. The minimum Gasteiger partial charge on any atom is -0.378 e. The van der Waals surface area contributed by atoms with Gasteiger partial charge >= 0.3 is 0 Å². The van der Waals surface area contributed by atoms with Gasteiger partial charge in [0.25, 0.3) is 0 Å². The normalized spacial score (nSPS) is 25.3. The molecule has 0 radical (unpaired) electrons. The number of hydrogen-bond acceptors (Lipinski definition) is 5. The van der Waals surface area contributed by atoms with E-state index in [9.17, 15) is 18.0 Å². The first-order valence-corrected chi connectivity index (χ1v) is 12.0. The van der Waals surface area contributed by atoms with Gasteiger partial charge < -0.3 is 14.5 Å². The van der Waals surface area contributed by atoms with E-state index in [0.717, 1.165) is 11.3 Å². The summed E-state index contributed by atoms with van der Waals surface area (Å²) < 4.78 is 33.4. The summed E-state index contributed by atoms with van der Waals surface area (Å²) in [6.45, 7) is 6.32. The maximum absolute atomic E-state index is 13.3. The van der Waals surface area contributed by atoms with Gasteiger partial charge in [0, 0.05) is 44.8 Å². The number of fused-ring (bicyclic) bond motifs is 1. The second kappa shape index (κ2) is 8.28. The van der Waals surface area contributed by atoms with Crippen molar-refractivity contribution in [3.8, 4) is 0 Å². The molecule has 4 rings (SSSR count). The molecule has 0 N–H and O–H groups in total. The highest BCUT2D eigenvalue weighted by molar-refractivity contribution is 7.89. The van der Waals surface area contributed by atoms with Gasteiger partial charge in [-0.1, -0.05) is 0 Å². The number of rotatable bonds is 3. The number of sulfonamides is 1. The van der Waals surface area contributed by atoms with Crippen molar-refractivity contribution in [1.29, 1.82) is 0 Å². The van der Waals surface area contributed by atoms with Gasteiger partial charge in [-0.05, 0) is 49.9 Å². The second-order valence-corrected chi connectivity index (χ2v) is 10.3. The molecule has 8 nitrogen and oxygen atoms in total. The topological polar surface area (TPSA) is 87.2 Å². The van der Waals surface area contributed by atoms with Crippen molar-refractivity contribution in [2.45, 2.75) is 44.0 Å². The van der Waals surface area contributed by atoms with Gasteiger partial charge in [0.2, 0.25) is 21.8 Å². The molecule has 3 aliphatic rings. The third-order valence-corrected chi connectivity index (χ3v) is 8.16. The fraction of sp³-hybridized carbons (Fsp3) is 0.619. The zero-order valence-corrected chi connectivity index (χ0v) is 18.4. The van der Waals surface area contributed by atoms with Crippen LogP contribution in [-0.4, -0.2) is 74.9 Å². The molecule has 9 heteroatoms. The molecular formula is C21H29N3O5S. The SMILES string of the molecule is CC(=O)N1c2ccc(S(=O)(=O)N3CCC[C@@H](C(=O)N4CCOCC4)C3)cc2C[C@@H]1C. The van der Waals surface area contributed by atoms with Gasteiger partial charge in [0.1, 0.15) is 0 Å². The highest BCUT2D eigenvalue weighted by Crippen LogP contribution is 2.35. The molecule has 3 aliphatic heterocycles. The number of carbonyl (C=O) groups is 2. The summed E-state index contributed by atoms with van der Waals surface area (Å²) in [6, 6.07) is 5.02. The van der Waals surface area contributed by atoms with Crippen LogP contribution < -0.4 is 4.90 Å². The number of carbonyl (C=O) groups excluding carboxylic acids is 2. The van der Waals surface area contributed by atoms with E-state index in [1.54, 1.807) is 28.0 Å². The Morgan fingerprint density at radius 2 is 1.87 bits per heavy atom. The Morgan fingerprint density at radius 3 is 2.57 bits per heavy atom. The molecule has 2 saturated heterocycles. The minimum absolute atomic E-state index is 0.0148. The molecule has 0 aromatic heterocycles. The quantitative estimate of drug-likeness (QED) is 0.713. The maximum Gasteiger partial charge on any atom is 0.243 e. The van der Waals surface area contributed by atoms with E-state index in [1.807, 2.05) is 6.92 Å². The molecule has 1 aromatic rings. The lowest BCUT2D eigenvalue weighted by Gasteiger charge is -2.35. The van der Waals surface area contributed by atoms with E-state index in [1.165, 1.54) is 11.2 Å². The van der Waals surface area contributed by atoms with Crippen molar-refractivity contribution in [3.05, 3.63) is 23.8 Å². The first-order chi connectivity index (χ1) is 14.3. The standard InChI is InChI=1S/C21H29N3O5S/c1-15-12-18-13-19(5-6-20(18)24(15)16(2)25)30(27,28)23-7-3-4-17(14-23)21(26)22-8-10-29-11-9-22/h5-6,13,15,17H,3-4,7-12,14H2,1-2H3/t15-,17+/m0/s1. The van der Waals surface area contributed by atoms with E-state index >= 15 is 0 Å². The number of anilines is 1. The molecule has 2 amide bonds. The molecule has 30 heavy (non-hydrogen) atoms. The summed E-state index contributed by atoms with van der Waals surface area (Å²) in [4.78, 5) is 28.5. The van der Waals surface area contributed by atoms with Crippen LogP contribution in [-0.2, 0) is 30.8 Å². The average molecular weight is 436 g/mol. The predicted molar refractivity (Wildman–Crippen MR) is 112 cm³/mol. The van der Waals surface area contributed by atoms with Gasteiger partial charge in [0.05, 0.1) is 24.0 Å². The Balaban J connectivity index is 1.53. The maximum atomic E-state index is 13.3.